The molecule has 0 aliphatic carbocycles. The number of aromatic nitrogens is 4. The molecule has 0 saturated heterocycles. The lowest BCUT2D eigenvalue weighted by atomic mass is 10.1. The third kappa shape index (κ3) is 3.52. The van der Waals surface area contributed by atoms with Gasteiger partial charge in [-0.1, -0.05) is 23.7 Å². The monoisotopic (exact) mass is 369 g/mol. The van der Waals surface area contributed by atoms with E-state index >= 15 is 0 Å². The molecule has 0 aliphatic heterocycles. The fourth-order valence-electron chi connectivity index (χ4n) is 2.40. The Bertz CT molecular complexity index is 1040. The second-order valence-corrected chi connectivity index (χ2v) is 6.97. The van der Waals surface area contributed by atoms with Crippen molar-refractivity contribution in [2.75, 3.05) is 5.32 Å². The third-order valence-corrected chi connectivity index (χ3v) is 4.81. The quantitative estimate of drug-likeness (QED) is 0.571. The Kier molecular flexibility index (Phi) is 4.17. The predicted octanol–water partition coefficient (Wildman–Crippen LogP) is 3.91. The zero-order chi connectivity index (χ0) is 17.2. The predicted molar refractivity (Wildman–Crippen MR) is 98.2 cm³/mol. The molecule has 0 fully saturated rings. The van der Waals surface area contributed by atoms with E-state index in [1.807, 2.05) is 24.3 Å². The van der Waals surface area contributed by atoms with Crippen LogP contribution in [0.25, 0.3) is 11.0 Å². The number of anilines is 1. The molecule has 0 atom stereocenters. The number of aromatic amines is 1. The summed E-state index contributed by atoms with van der Waals surface area (Å²) in [5.41, 5.74) is 3.02. The molecular weight excluding hydrogens is 358 g/mol. The lowest BCUT2D eigenvalue weighted by Gasteiger charge is -2.01. The van der Waals surface area contributed by atoms with Crippen molar-refractivity contribution in [1.29, 1.82) is 0 Å². The number of halogens is 1. The van der Waals surface area contributed by atoms with Crippen molar-refractivity contribution in [2.24, 2.45) is 0 Å². The van der Waals surface area contributed by atoms with Crippen LogP contribution in [0.15, 0.2) is 48.7 Å². The first-order valence-corrected chi connectivity index (χ1v) is 8.68. The molecule has 2 aromatic heterocycles. The SMILES string of the molecule is O=C(Nc1ncc(Cc2ccc(Cl)cc2)s1)c1ccc2n[nH]nc2c1. The number of H-pyrrole nitrogens is 1. The Morgan fingerprint density at radius 3 is 2.76 bits per heavy atom. The van der Waals surface area contributed by atoms with Crippen LogP contribution in [-0.2, 0) is 6.42 Å². The van der Waals surface area contributed by atoms with Gasteiger partial charge in [-0.25, -0.2) is 4.98 Å². The number of nitrogens with zero attached hydrogens (tertiary/aromatic N) is 3. The summed E-state index contributed by atoms with van der Waals surface area (Å²) < 4.78 is 0. The molecule has 4 rings (SSSR count). The fourth-order valence-corrected chi connectivity index (χ4v) is 3.37. The van der Waals surface area contributed by atoms with E-state index in [2.05, 4.69) is 25.7 Å². The van der Waals surface area contributed by atoms with Crippen LogP contribution in [0.5, 0.6) is 0 Å². The number of thiazole rings is 1. The zero-order valence-corrected chi connectivity index (χ0v) is 14.4. The molecule has 0 unspecified atom stereocenters. The van der Waals surface area contributed by atoms with E-state index in [4.69, 9.17) is 11.6 Å². The smallest absolute Gasteiger partial charge is 0.257 e. The van der Waals surface area contributed by atoms with Gasteiger partial charge in [0.25, 0.3) is 5.91 Å². The summed E-state index contributed by atoms with van der Waals surface area (Å²) in [4.78, 5) is 17.7. The van der Waals surface area contributed by atoms with Crippen LogP contribution in [0.1, 0.15) is 20.8 Å². The molecule has 124 valence electrons. The molecule has 0 radical (unpaired) electrons. The van der Waals surface area contributed by atoms with E-state index < -0.39 is 0 Å². The minimum Gasteiger partial charge on any atom is -0.298 e. The van der Waals surface area contributed by atoms with Gasteiger partial charge in [0, 0.05) is 28.1 Å². The number of fused-ring (bicyclic) bond motifs is 1. The van der Waals surface area contributed by atoms with E-state index in [-0.39, 0.29) is 5.91 Å². The van der Waals surface area contributed by atoms with Gasteiger partial charge in [0.05, 0.1) is 0 Å². The topological polar surface area (TPSA) is 83.6 Å². The highest BCUT2D eigenvalue weighted by atomic mass is 35.5. The Hall–Kier alpha value is -2.77. The van der Waals surface area contributed by atoms with Crippen LogP contribution >= 0.6 is 22.9 Å². The molecule has 0 aliphatic rings. The average Bonchev–Trinajstić information content (AvgIpc) is 3.25. The summed E-state index contributed by atoms with van der Waals surface area (Å²) in [6, 6.07) is 12.8. The van der Waals surface area contributed by atoms with E-state index in [9.17, 15) is 4.79 Å². The van der Waals surface area contributed by atoms with Crippen molar-refractivity contribution in [3.63, 3.8) is 0 Å². The molecular formula is C17H12ClN5OS. The molecule has 8 heteroatoms. The second-order valence-electron chi connectivity index (χ2n) is 5.42. The lowest BCUT2D eigenvalue weighted by molar-refractivity contribution is 0.102. The maximum Gasteiger partial charge on any atom is 0.257 e. The fraction of sp³-hybridized carbons (Fsp3) is 0.0588. The summed E-state index contributed by atoms with van der Waals surface area (Å²) in [7, 11) is 0. The number of carbonyl (C=O) groups excluding carboxylic acids is 1. The van der Waals surface area contributed by atoms with Gasteiger partial charge in [-0.15, -0.1) is 11.3 Å². The van der Waals surface area contributed by atoms with Crippen LogP contribution in [0.4, 0.5) is 5.13 Å². The molecule has 2 aromatic carbocycles. The first-order valence-electron chi connectivity index (χ1n) is 7.48. The average molecular weight is 370 g/mol. The number of nitrogens with one attached hydrogen (secondary N) is 2. The van der Waals surface area contributed by atoms with E-state index in [1.54, 1.807) is 24.4 Å². The summed E-state index contributed by atoms with van der Waals surface area (Å²) in [5.74, 6) is -0.225. The number of rotatable bonds is 4. The molecule has 0 spiro atoms. The van der Waals surface area contributed by atoms with Gasteiger partial charge in [0.15, 0.2) is 5.13 Å². The van der Waals surface area contributed by atoms with Gasteiger partial charge in [-0.3, -0.25) is 10.1 Å². The minimum atomic E-state index is -0.225. The largest absolute Gasteiger partial charge is 0.298 e. The first-order chi connectivity index (χ1) is 12.2. The van der Waals surface area contributed by atoms with Crippen LogP contribution in [0.2, 0.25) is 5.02 Å². The van der Waals surface area contributed by atoms with Crippen molar-refractivity contribution < 1.29 is 4.79 Å². The Morgan fingerprint density at radius 2 is 1.92 bits per heavy atom. The van der Waals surface area contributed by atoms with Gasteiger partial charge < -0.3 is 0 Å². The molecule has 25 heavy (non-hydrogen) atoms. The molecule has 2 N–H and O–H groups in total. The highest BCUT2D eigenvalue weighted by Crippen LogP contribution is 2.23. The van der Waals surface area contributed by atoms with Crippen molar-refractivity contribution in [2.45, 2.75) is 6.42 Å². The number of hydrogen-bond donors (Lipinski definition) is 2. The van der Waals surface area contributed by atoms with Crippen LogP contribution in [0.3, 0.4) is 0 Å². The Balaban J connectivity index is 1.46. The van der Waals surface area contributed by atoms with E-state index in [0.717, 1.165) is 22.4 Å². The van der Waals surface area contributed by atoms with E-state index in [1.165, 1.54) is 11.3 Å². The summed E-state index contributed by atoms with van der Waals surface area (Å²) in [5, 5.41) is 14.6. The normalized spacial score (nSPS) is 10.9. The number of hydrogen-bond acceptors (Lipinski definition) is 5. The Morgan fingerprint density at radius 1 is 1.12 bits per heavy atom. The molecule has 0 saturated carbocycles. The summed E-state index contributed by atoms with van der Waals surface area (Å²) in [6.07, 6.45) is 2.52. The van der Waals surface area contributed by atoms with E-state index in [0.29, 0.717) is 21.2 Å². The van der Waals surface area contributed by atoms with Gasteiger partial charge in [-0.2, -0.15) is 15.4 Å². The number of carbonyl (C=O) groups is 1. The molecule has 2 heterocycles. The third-order valence-electron chi connectivity index (χ3n) is 3.64. The van der Waals surface area contributed by atoms with Crippen LogP contribution in [-0.4, -0.2) is 26.3 Å². The van der Waals surface area contributed by atoms with Crippen LogP contribution in [0, 0.1) is 0 Å². The molecule has 0 bridgehead atoms. The molecule has 4 aromatic rings. The lowest BCUT2D eigenvalue weighted by Crippen LogP contribution is -2.11. The minimum absolute atomic E-state index is 0.225. The number of benzene rings is 2. The maximum atomic E-state index is 12.4. The van der Waals surface area contributed by atoms with Gasteiger partial charge in [0.2, 0.25) is 0 Å². The first kappa shape index (κ1) is 15.7. The molecule has 1 amide bonds. The highest BCUT2D eigenvalue weighted by molar-refractivity contribution is 7.15. The Labute approximate surface area is 151 Å². The summed E-state index contributed by atoms with van der Waals surface area (Å²) >= 11 is 7.35. The highest BCUT2D eigenvalue weighted by Gasteiger charge is 2.11. The second kappa shape index (κ2) is 6.62. The standard InChI is InChI=1S/C17H12ClN5OS/c18-12-4-1-10(2-5-12)7-13-9-19-17(25-13)20-16(24)11-3-6-14-15(8-11)22-23-21-14/h1-6,8-9H,7H2,(H,19,20,24)(H,21,22,23). The van der Waals surface area contributed by atoms with Crippen molar-refractivity contribution >= 4 is 45.0 Å². The summed E-state index contributed by atoms with van der Waals surface area (Å²) in [6.45, 7) is 0. The maximum absolute atomic E-state index is 12.4. The van der Waals surface area contributed by atoms with Gasteiger partial charge in [0.1, 0.15) is 11.0 Å². The van der Waals surface area contributed by atoms with Crippen molar-refractivity contribution in [3.8, 4) is 0 Å². The molecule has 6 nitrogen and oxygen atoms in total. The van der Waals surface area contributed by atoms with Gasteiger partial charge >= 0.3 is 0 Å². The van der Waals surface area contributed by atoms with Crippen molar-refractivity contribution in [3.05, 3.63) is 69.7 Å². The van der Waals surface area contributed by atoms with Crippen LogP contribution < -0.4 is 5.32 Å². The van der Waals surface area contributed by atoms with Crippen molar-refractivity contribution in [1.82, 2.24) is 20.4 Å². The number of amides is 1. The zero-order valence-electron chi connectivity index (χ0n) is 12.9. The van der Waals surface area contributed by atoms with Gasteiger partial charge in [-0.05, 0) is 35.9 Å².